The van der Waals surface area contributed by atoms with E-state index >= 15 is 0 Å². The van der Waals surface area contributed by atoms with E-state index in [1.807, 2.05) is 0 Å². The summed E-state index contributed by atoms with van der Waals surface area (Å²) in [5, 5.41) is 16.7. The summed E-state index contributed by atoms with van der Waals surface area (Å²) in [5.74, 6) is -0.890. The van der Waals surface area contributed by atoms with Crippen molar-refractivity contribution in [2.45, 2.75) is 0 Å². The van der Waals surface area contributed by atoms with Crippen molar-refractivity contribution in [3.8, 4) is 0 Å². The molecule has 2 N–H and O–H groups in total. The van der Waals surface area contributed by atoms with E-state index in [2.05, 4.69) is 31.8 Å². The third-order valence-corrected chi connectivity index (χ3v) is 4.19. The Hall–Kier alpha value is -2.59. The Bertz CT molecular complexity index is 788. The van der Waals surface area contributed by atoms with Crippen molar-refractivity contribution in [1.82, 2.24) is 10.7 Å². The summed E-state index contributed by atoms with van der Waals surface area (Å²) in [6, 6.07) is 9.57. The molecule has 10 heteroatoms. The minimum absolute atomic E-state index is 0.00969. The van der Waals surface area contributed by atoms with Gasteiger partial charge in [-0.3, -0.25) is 19.7 Å². The largest absolute Gasteiger partial charge is 0.343 e. The fraction of sp³-hybridized carbons (Fsp3) is 0.0714. The highest BCUT2D eigenvalue weighted by atomic mass is 79.9. The second-order valence-electron chi connectivity index (χ2n) is 4.42. The van der Waals surface area contributed by atoms with Crippen LogP contribution in [0.5, 0.6) is 0 Å². The summed E-state index contributed by atoms with van der Waals surface area (Å²) in [5.41, 5.74) is 2.66. The van der Waals surface area contributed by atoms with Crippen LogP contribution in [-0.2, 0) is 4.79 Å². The first-order valence-corrected chi connectivity index (χ1v) is 8.16. The van der Waals surface area contributed by atoms with Crippen LogP contribution in [0.25, 0.3) is 0 Å². The first kappa shape index (κ1) is 17.8. The molecule has 0 unspecified atom stereocenters. The molecule has 24 heavy (non-hydrogen) atoms. The van der Waals surface area contributed by atoms with E-state index in [0.717, 1.165) is 15.8 Å². The molecule has 8 nitrogen and oxygen atoms in total. The number of hydrogen-bond acceptors (Lipinski definition) is 6. The third-order valence-electron chi connectivity index (χ3n) is 2.69. The van der Waals surface area contributed by atoms with E-state index in [1.54, 1.807) is 24.3 Å². The standard InChI is InChI=1S/C14H11BrN4O4S/c15-10-3-1-9(2-4-10)14(21)16-8-12(20)18-17-7-11-5-6-13(24-11)19(22)23/h1-7H,8H2,(H,16,21)(H,18,20)/b17-7+. The van der Waals surface area contributed by atoms with E-state index in [9.17, 15) is 19.7 Å². The van der Waals surface area contributed by atoms with Crippen molar-refractivity contribution in [3.05, 3.63) is 61.4 Å². The van der Waals surface area contributed by atoms with Gasteiger partial charge >= 0.3 is 5.00 Å². The van der Waals surface area contributed by atoms with Gasteiger partial charge < -0.3 is 5.32 Å². The van der Waals surface area contributed by atoms with Gasteiger partial charge in [0, 0.05) is 16.1 Å². The number of carbonyl (C=O) groups excluding carboxylic acids is 2. The molecule has 2 amide bonds. The average molecular weight is 411 g/mol. The lowest BCUT2D eigenvalue weighted by atomic mass is 10.2. The van der Waals surface area contributed by atoms with Gasteiger partial charge in [0.05, 0.1) is 22.6 Å². The van der Waals surface area contributed by atoms with Crippen LogP contribution in [0, 0.1) is 10.1 Å². The van der Waals surface area contributed by atoms with E-state index in [-0.39, 0.29) is 17.5 Å². The second-order valence-corrected chi connectivity index (χ2v) is 6.43. The lowest BCUT2D eigenvalue weighted by Gasteiger charge is -2.04. The van der Waals surface area contributed by atoms with Gasteiger partial charge in [-0.1, -0.05) is 27.3 Å². The topological polar surface area (TPSA) is 114 Å². The van der Waals surface area contributed by atoms with Crippen molar-refractivity contribution < 1.29 is 14.5 Å². The molecular weight excluding hydrogens is 400 g/mol. The Kier molecular flexibility index (Phi) is 6.15. The predicted molar refractivity (Wildman–Crippen MR) is 93.2 cm³/mol. The number of thiophene rings is 1. The Labute approximate surface area is 148 Å². The van der Waals surface area contributed by atoms with E-state index in [0.29, 0.717) is 10.4 Å². The minimum Gasteiger partial charge on any atom is -0.343 e. The molecule has 0 spiro atoms. The van der Waals surface area contributed by atoms with Crippen molar-refractivity contribution in [1.29, 1.82) is 0 Å². The summed E-state index contributed by atoms with van der Waals surface area (Å²) in [7, 11) is 0. The first-order valence-electron chi connectivity index (χ1n) is 6.55. The Morgan fingerprint density at radius 2 is 1.96 bits per heavy atom. The zero-order chi connectivity index (χ0) is 17.5. The fourth-order valence-corrected chi connectivity index (χ4v) is 2.54. The summed E-state index contributed by atoms with van der Waals surface area (Å²) in [6.07, 6.45) is 1.30. The maximum Gasteiger partial charge on any atom is 0.324 e. The van der Waals surface area contributed by atoms with E-state index in [1.165, 1.54) is 18.3 Å². The number of nitro groups is 1. The fourth-order valence-electron chi connectivity index (χ4n) is 1.58. The Morgan fingerprint density at radius 1 is 1.25 bits per heavy atom. The van der Waals surface area contributed by atoms with Gasteiger partial charge in [-0.15, -0.1) is 0 Å². The molecule has 2 rings (SSSR count). The third kappa shape index (κ3) is 5.25. The van der Waals surface area contributed by atoms with Crippen molar-refractivity contribution in [2.75, 3.05) is 6.54 Å². The SMILES string of the molecule is O=C(CNC(=O)c1ccc(Br)cc1)N/N=C/c1ccc([N+](=O)[O-])s1. The number of halogens is 1. The van der Waals surface area contributed by atoms with Crippen LogP contribution in [0.4, 0.5) is 5.00 Å². The zero-order valence-corrected chi connectivity index (χ0v) is 14.5. The van der Waals surface area contributed by atoms with E-state index < -0.39 is 10.8 Å². The highest BCUT2D eigenvalue weighted by molar-refractivity contribution is 9.10. The molecule has 0 aliphatic carbocycles. The summed E-state index contributed by atoms with van der Waals surface area (Å²) < 4.78 is 0.847. The molecule has 0 saturated heterocycles. The smallest absolute Gasteiger partial charge is 0.324 e. The molecule has 0 atom stereocenters. The highest BCUT2D eigenvalue weighted by Crippen LogP contribution is 2.22. The van der Waals surface area contributed by atoms with Crippen LogP contribution in [0.1, 0.15) is 15.2 Å². The number of carbonyl (C=O) groups is 2. The number of nitrogens with zero attached hydrogens (tertiary/aromatic N) is 2. The molecular formula is C14H11BrN4O4S. The molecule has 1 heterocycles. The zero-order valence-electron chi connectivity index (χ0n) is 12.1. The molecule has 0 radical (unpaired) electrons. The predicted octanol–water partition coefficient (Wildman–Crippen LogP) is 2.30. The van der Waals surface area contributed by atoms with Crippen molar-refractivity contribution >= 4 is 50.3 Å². The molecule has 0 aliphatic rings. The summed E-state index contributed by atoms with van der Waals surface area (Å²) in [6.45, 7) is -0.239. The van der Waals surface area contributed by atoms with Crippen molar-refractivity contribution in [3.63, 3.8) is 0 Å². The van der Waals surface area contributed by atoms with Gasteiger partial charge in [-0.2, -0.15) is 5.10 Å². The quantitative estimate of drug-likeness (QED) is 0.431. The van der Waals surface area contributed by atoms with Crippen LogP contribution in [0.2, 0.25) is 0 Å². The van der Waals surface area contributed by atoms with Crippen LogP contribution in [-0.4, -0.2) is 29.5 Å². The average Bonchev–Trinajstić information content (AvgIpc) is 3.02. The van der Waals surface area contributed by atoms with Gasteiger partial charge in [0.2, 0.25) is 0 Å². The first-order chi connectivity index (χ1) is 11.5. The number of benzene rings is 1. The number of amides is 2. The molecule has 0 bridgehead atoms. The van der Waals surface area contributed by atoms with Gasteiger partial charge in [-0.05, 0) is 30.3 Å². The lowest BCUT2D eigenvalue weighted by molar-refractivity contribution is -0.380. The van der Waals surface area contributed by atoms with Crippen LogP contribution >= 0.6 is 27.3 Å². The second kappa shape index (κ2) is 8.31. The molecule has 1 aromatic heterocycles. The minimum atomic E-state index is -0.511. The van der Waals surface area contributed by atoms with Gasteiger partial charge in [0.25, 0.3) is 11.8 Å². The van der Waals surface area contributed by atoms with Gasteiger partial charge in [0.1, 0.15) is 0 Å². The molecule has 124 valence electrons. The molecule has 2 aromatic rings. The number of hydrogen-bond donors (Lipinski definition) is 2. The highest BCUT2D eigenvalue weighted by Gasteiger charge is 2.09. The lowest BCUT2D eigenvalue weighted by Crippen LogP contribution is -2.34. The number of rotatable bonds is 6. The maximum atomic E-state index is 11.8. The molecule has 0 fully saturated rings. The summed E-state index contributed by atoms with van der Waals surface area (Å²) >= 11 is 4.20. The van der Waals surface area contributed by atoms with Gasteiger partial charge in [-0.25, -0.2) is 5.43 Å². The monoisotopic (exact) mass is 410 g/mol. The molecule has 0 aliphatic heterocycles. The molecule has 1 aromatic carbocycles. The van der Waals surface area contributed by atoms with Crippen LogP contribution in [0.3, 0.4) is 0 Å². The summed E-state index contributed by atoms with van der Waals surface area (Å²) in [4.78, 5) is 34.0. The Balaban J connectivity index is 1.78. The van der Waals surface area contributed by atoms with Crippen LogP contribution < -0.4 is 10.7 Å². The van der Waals surface area contributed by atoms with Crippen molar-refractivity contribution in [2.24, 2.45) is 5.10 Å². The number of hydrazone groups is 1. The van der Waals surface area contributed by atoms with Gasteiger partial charge in [0.15, 0.2) is 0 Å². The van der Waals surface area contributed by atoms with E-state index in [4.69, 9.17) is 0 Å². The maximum absolute atomic E-state index is 11.8. The Morgan fingerprint density at radius 3 is 2.58 bits per heavy atom. The normalized spacial score (nSPS) is 10.5. The molecule has 0 saturated carbocycles. The number of nitrogens with one attached hydrogen (secondary N) is 2. The van der Waals surface area contributed by atoms with Crippen LogP contribution in [0.15, 0.2) is 46.0 Å².